The Morgan fingerprint density at radius 3 is 2.56 bits per heavy atom. The summed E-state index contributed by atoms with van der Waals surface area (Å²) < 4.78 is 40.4. The maximum absolute atomic E-state index is 11.8. The standard InChI is InChI=1S/C9H7Cl2F3OS/c10-6-1-2-7(11)8(5-6)15-3-4-16-9(12,13)14/h1-2,5H,3-4H2. The third-order valence-corrected chi connectivity index (χ3v) is 2.75. The van der Waals surface area contributed by atoms with E-state index in [1.807, 2.05) is 0 Å². The van der Waals surface area contributed by atoms with Gasteiger partial charge in [0.25, 0.3) is 0 Å². The van der Waals surface area contributed by atoms with E-state index >= 15 is 0 Å². The molecule has 0 heterocycles. The topological polar surface area (TPSA) is 9.23 Å². The van der Waals surface area contributed by atoms with Gasteiger partial charge in [0.1, 0.15) is 5.75 Å². The number of hydrogen-bond donors (Lipinski definition) is 0. The Hall–Kier alpha value is -0.260. The number of rotatable bonds is 4. The lowest BCUT2D eigenvalue weighted by Gasteiger charge is -2.09. The molecule has 90 valence electrons. The van der Waals surface area contributed by atoms with Gasteiger partial charge in [-0.25, -0.2) is 0 Å². The Morgan fingerprint density at radius 2 is 1.94 bits per heavy atom. The fourth-order valence-corrected chi connectivity index (χ4v) is 1.63. The summed E-state index contributed by atoms with van der Waals surface area (Å²) in [6.45, 7) is -0.0791. The van der Waals surface area contributed by atoms with Crippen molar-refractivity contribution in [3.63, 3.8) is 0 Å². The smallest absolute Gasteiger partial charge is 0.441 e. The summed E-state index contributed by atoms with van der Waals surface area (Å²) in [5, 5.41) is 0.740. The Bertz CT molecular complexity index is 357. The third-order valence-electron chi connectivity index (χ3n) is 1.50. The summed E-state index contributed by atoms with van der Waals surface area (Å²) >= 11 is 11.3. The minimum absolute atomic E-state index is 0.0791. The van der Waals surface area contributed by atoms with Crippen LogP contribution >= 0.6 is 35.0 Å². The first-order chi connectivity index (χ1) is 7.38. The molecule has 16 heavy (non-hydrogen) atoms. The van der Waals surface area contributed by atoms with Crippen molar-refractivity contribution >= 4 is 35.0 Å². The van der Waals surface area contributed by atoms with Crippen LogP contribution in [0.25, 0.3) is 0 Å². The molecular formula is C9H7Cl2F3OS. The summed E-state index contributed by atoms with van der Waals surface area (Å²) in [5.74, 6) is 0.101. The van der Waals surface area contributed by atoms with Gasteiger partial charge < -0.3 is 4.74 Å². The molecular weight excluding hydrogens is 284 g/mol. The predicted octanol–water partition coefficient (Wildman–Crippen LogP) is 4.63. The lowest BCUT2D eigenvalue weighted by atomic mass is 10.3. The maximum Gasteiger partial charge on any atom is 0.441 e. The van der Waals surface area contributed by atoms with E-state index in [0.717, 1.165) is 0 Å². The first-order valence-corrected chi connectivity index (χ1v) is 5.91. The highest BCUT2D eigenvalue weighted by molar-refractivity contribution is 8.00. The Labute approximate surface area is 105 Å². The van der Waals surface area contributed by atoms with E-state index in [2.05, 4.69) is 0 Å². The lowest BCUT2D eigenvalue weighted by Crippen LogP contribution is -2.07. The van der Waals surface area contributed by atoms with Crippen LogP contribution in [0.4, 0.5) is 13.2 Å². The molecule has 0 spiro atoms. The molecule has 0 aromatic heterocycles. The number of benzene rings is 1. The van der Waals surface area contributed by atoms with Gasteiger partial charge in [-0.2, -0.15) is 13.2 Å². The first kappa shape index (κ1) is 13.8. The zero-order chi connectivity index (χ0) is 12.2. The van der Waals surface area contributed by atoms with Crippen molar-refractivity contribution < 1.29 is 17.9 Å². The van der Waals surface area contributed by atoms with E-state index in [0.29, 0.717) is 10.0 Å². The SMILES string of the molecule is FC(F)(F)SCCOc1cc(Cl)ccc1Cl. The second-order valence-corrected chi connectivity index (χ2v) is 4.72. The molecule has 0 unspecified atom stereocenters. The van der Waals surface area contributed by atoms with Crippen molar-refractivity contribution in [1.82, 2.24) is 0 Å². The molecule has 1 aromatic rings. The van der Waals surface area contributed by atoms with Crippen molar-refractivity contribution in [2.75, 3.05) is 12.4 Å². The molecule has 0 atom stereocenters. The van der Waals surface area contributed by atoms with Gasteiger partial charge in [0.15, 0.2) is 0 Å². The van der Waals surface area contributed by atoms with Crippen LogP contribution in [-0.4, -0.2) is 17.9 Å². The van der Waals surface area contributed by atoms with Gasteiger partial charge in [0.05, 0.1) is 11.6 Å². The molecule has 0 aliphatic rings. The molecule has 1 rings (SSSR count). The fourth-order valence-electron chi connectivity index (χ4n) is 0.897. The number of hydrogen-bond acceptors (Lipinski definition) is 2. The zero-order valence-corrected chi connectivity index (χ0v) is 10.2. The van der Waals surface area contributed by atoms with E-state index in [9.17, 15) is 13.2 Å². The van der Waals surface area contributed by atoms with E-state index < -0.39 is 5.51 Å². The minimum Gasteiger partial charge on any atom is -0.491 e. The lowest BCUT2D eigenvalue weighted by molar-refractivity contribution is -0.0329. The predicted molar refractivity (Wildman–Crippen MR) is 60.5 cm³/mol. The maximum atomic E-state index is 11.8. The average Bonchev–Trinajstić information content (AvgIpc) is 2.16. The van der Waals surface area contributed by atoms with Crippen molar-refractivity contribution in [2.45, 2.75) is 5.51 Å². The molecule has 0 N–H and O–H groups in total. The molecule has 0 bridgehead atoms. The van der Waals surface area contributed by atoms with Crippen LogP contribution in [0.2, 0.25) is 10.0 Å². The summed E-state index contributed by atoms with van der Waals surface area (Å²) in [6.07, 6.45) is 0. The van der Waals surface area contributed by atoms with Gasteiger partial charge in [0, 0.05) is 16.8 Å². The van der Waals surface area contributed by atoms with E-state index in [-0.39, 0.29) is 29.9 Å². The quantitative estimate of drug-likeness (QED) is 0.748. The molecule has 1 nitrogen and oxygen atoms in total. The molecule has 0 aliphatic heterocycles. The van der Waals surface area contributed by atoms with Crippen LogP contribution in [0.15, 0.2) is 18.2 Å². The molecule has 0 aliphatic carbocycles. The first-order valence-electron chi connectivity index (χ1n) is 4.17. The van der Waals surface area contributed by atoms with Crippen LogP contribution < -0.4 is 4.74 Å². The highest BCUT2D eigenvalue weighted by Gasteiger charge is 2.27. The van der Waals surface area contributed by atoms with Crippen LogP contribution in [0.3, 0.4) is 0 Å². The number of thioether (sulfide) groups is 1. The van der Waals surface area contributed by atoms with Crippen LogP contribution in [-0.2, 0) is 0 Å². The Balaban J connectivity index is 2.40. The number of alkyl halides is 3. The second kappa shape index (κ2) is 5.89. The van der Waals surface area contributed by atoms with Crippen molar-refractivity contribution in [2.24, 2.45) is 0 Å². The minimum atomic E-state index is -4.23. The second-order valence-electron chi connectivity index (χ2n) is 2.72. The molecule has 0 saturated carbocycles. The van der Waals surface area contributed by atoms with Crippen molar-refractivity contribution in [1.29, 1.82) is 0 Å². The van der Waals surface area contributed by atoms with Crippen molar-refractivity contribution in [3.8, 4) is 5.75 Å². The van der Waals surface area contributed by atoms with Gasteiger partial charge >= 0.3 is 5.51 Å². The van der Waals surface area contributed by atoms with E-state index in [4.69, 9.17) is 27.9 Å². The van der Waals surface area contributed by atoms with Gasteiger partial charge in [-0.1, -0.05) is 23.2 Å². The molecule has 0 amide bonds. The van der Waals surface area contributed by atoms with Gasteiger partial charge in [0.2, 0.25) is 0 Å². The highest BCUT2D eigenvalue weighted by atomic mass is 35.5. The normalized spacial score (nSPS) is 11.6. The van der Waals surface area contributed by atoms with Crippen molar-refractivity contribution in [3.05, 3.63) is 28.2 Å². The number of halogens is 5. The monoisotopic (exact) mass is 290 g/mol. The molecule has 0 radical (unpaired) electrons. The van der Waals surface area contributed by atoms with Crippen LogP contribution in [0.5, 0.6) is 5.75 Å². The van der Waals surface area contributed by atoms with Gasteiger partial charge in [-0.3, -0.25) is 0 Å². The van der Waals surface area contributed by atoms with E-state index in [1.165, 1.54) is 12.1 Å². The largest absolute Gasteiger partial charge is 0.491 e. The van der Waals surface area contributed by atoms with E-state index in [1.54, 1.807) is 6.07 Å². The molecule has 7 heteroatoms. The van der Waals surface area contributed by atoms with Crippen LogP contribution in [0.1, 0.15) is 0 Å². The summed E-state index contributed by atoms with van der Waals surface area (Å²) in [5.41, 5.74) is -4.23. The molecule has 0 saturated heterocycles. The van der Waals surface area contributed by atoms with Gasteiger partial charge in [-0.05, 0) is 23.9 Å². The third kappa shape index (κ3) is 5.18. The highest BCUT2D eigenvalue weighted by Crippen LogP contribution is 2.31. The zero-order valence-electron chi connectivity index (χ0n) is 7.85. The fraction of sp³-hybridized carbons (Fsp3) is 0.333. The Morgan fingerprint density at radius 1 is 1.25 bits per heavy atom. The summed E-state index contributed by atoms with van der Waals surface area (Å²) in [6, 6.07) is 4.56. The van der Waals surface area contributed by atoms with Gasteiger partial charge in [-0.15, -0.1) is 0 Å². The number of ether oxygens (including phenoxy) is 1. The molecule has 0 fully saturated rings. The van der Waals surface area contributed by atoms with Crippen LogP contribution in [0, 0.1) is 0 Å². The average molecular weight is 291 g/mol. The Kier molecular flexibility index (Phi) is 5.08. The summed E-state index contributed by atoms with van der Waals surface area (Å²) in [7, 11) is 0. The summed E-state index contributed by atoms with van der Waals surface area (Å²) in [4.78, 5) is 0. The molecule has 1 aromatic carbocycles.